The van der Waals surface area contributed by atoms with Crippen LogP contribution in [0.4, 0.5) is 5.69 Å². The monoisotopic (exact) mass is 361 g/mol. The fourth-order valence-electron chi connectivity index (χ4n) is 2.40. The van der Waals surface area contributed by atoms with Gasteiger partial charge in [0, 0.05) is 17.2 Å². The van der Waals surface area contributed by atoms with Crippen LogP contribution in [0.2, 0.25) is 0 Å². The Hall–Kier alpha value is -2.87. The number of sulfonamides is 1. The van der Waals surface area contributed by atoms with Crippen LogP contribution in [0.15, 0.2) is 41.3 Å². The number of anilines is 1. The predicted molar refractivity (Wildman–Crippen MR) is 89.8 cm³/mol. The first-order chi connectivity index (χ1) is 11.8. The highest BCUT2D eigenvalue weighted by molar-refractivity contribution is 7.92. The first kappa shape index (κ1) is 17.0. The second-order valence-corrected chi connectivity index (χ2v) is 7.18. The highest BCUT2D eigenvalue weighted by Crippen LogP contribution is 2.38. The second-order valence-electron chi connectivity index (χ2n) is 5.50. The molecule has 0 fully saturated rings. The summed E-state index contributed by atoms with van der Waals surface area (Å²) >= 11 is 0. The average Bonchev–Trinajstić information content (AvgIpc) is 3.01. The quantitative estimate of drug-likeness (QED) is 0.822. The van der Waals surface area contributed by atoms with Crippen molar-refractivity contribution in [1.82, 2.24) is 0 Å². The molecule has 0 atom stereocenters. The van der Waals surface area contributed by atoms with E-state index in [1.807, 2.05) is 0 Å². The van der Waals surface area contributed by atoms with Crippen molar-refractivity contribution < 1.29 is 27.5 Å². The number of rotatable bonds is 5. The minimum absolute atomic E-state index is 0.00351. The van der Waals surface area contributed by atoms with Gasteiger partial charge in [-0.3, -0.25) is 14.3 Å². The maximum absolute atomic E-state index is 12.6. The van der Waals surface area contributed by atoms with Crippen molar-refractivity contribution in [2.24, 2.45) is 0 Å². The molecule has 0 aliphatic carbocycles. The molecule has 0 bridgehead atoms. The molecule has 1 aliphatic heterocycles. The number of ketones is 2. The number of benzene rings is 2. The van der Waals surface area contributed by atoms with Crippen molar-refractivity contribution in [2.45, 2.75) is 18.7 Å². The van der Waals surface area contributed by atoms with Gasteiger partial charge in [-0.2, -0.15) is 0 Å². The van der Waals surface area contributed by atoms with Gasteiger partial charge < -0.3 is 9.47 Å². The van der Waals surface area contributed by atoms with Crippen LogP contribution in [0.25, 0.3) is 0 Å². The van der Waals surface area contributed by atoms with Crippen LogP contribution in [0, 0.1) is 0 Å². The summed E-state index contributed by atoms with van der Waals surface area (Å²) in [7, 11) is -3.99. The molecule has 25 heavy (non-hydrogen) atoms. The lowest BCUT2D eigenvalue weighted by atomic mass is 10.1. The first-order valence-corrected chi connectivity index (χ1v) is 8.84. The van der Waals surface area contributed by atoms with Gasteiger partial charge >= 0.3 is 0 Å². The van der Waals surface area contributed by atoms with E-state index in [1.54, 1.807) is 0 Å². The molecule has 2 aromatic carbocycles. The maximum atomic E-state index is 12.6. The van der Waals surface area contributed by atoms with Crippen LogP contribution in [-0.2, 0) is 10.0 Å². The third-order valence-corrected chi connectivity index (χ3v) is 5.05. The fraction of sp³-hybridized carbons (Fsp3) is 0.176. The minimum Gasteiger partial charge on any atom is -0.454 e. The number of hydrogen-bond donors (Lipinski definition) is 1. The molecule has 0 radical (unpaired) electrons. The zero-order valence-corrected chi connectivity index (χ0v) is 14.3. The summed E-state index contributed by atoms with van der Waals surface area (Å²) in [5.41, 5.74) is 0.529. The Bertz CT molecular complexity index is 981. The smallest absolute Gasteiger partial charge is 0.261 e. The van der Waals surface area contributed by atoms with Crippen molar-refractivity contribution in [3.05, 3.63) is 47.5 Å². The summed E-state index contributed by atoms with van der Waals surface area (Å²) in [6, 6.07) is 8.51. The zero-order valence-electron chi connectivity index (χ0n) is 13.5. The van der Waals surface area contributed by atoms with E-state index in [4.69, 9.17) is 9.47 Å². The number of ether oxygens (including phenoxy) is 2. The van der Waals surface area contributed by atoms with Crippen LogP contribution >= 0.6 is 0 Å². The summed E-state index contributed by atoms with van der Waals surface area (Å²) in [6.45, 7) is 2.68. The highest BCUT2D eigenvalue weighted by atomic mass is 32.2. The van der Waals surface area contributed by atoms with E-state index in [2.05, 4.69) is 4.72 Å². The molecule has 1 aliphatic rings. The second kappa shape index (κ2) is 6.21. The molecule has 0 saturated carbocycles. The summed E-state index contributed by atoms with van der Waals surface area (Å²) in [5, 5.41) is 0. The van der Waals surface area contributed by atoms with Crippen molar-refractivity contribution in [1.29, 1.82) is 0 Å². The van der Waals surface area contributed by atoms with Gasteiger partial charge in [0.1, 0.15) is 0 Å². The van der Waals surface area contributed by atoms with Gasteiger partial charge in [-0.05, 0) is 32.0 Å². The highest BCUT2D eigenvalue weighted by Gasteiger charge is 2.23. The lowest BCUT2D eigenvalue weighted by Crippen LogP contribution is -2.15. The molecule has 2 aromatic rings. The van der Waals surface area contributed by atoms with Gasteiger partial charge in [-0.15, -0.1) is 0 Å². The van der Waals surface area contributed by atoms with Crippen LogP contribution in [0.5, 0.6) is 11.5 Å². The molecule has 1 N–H and O–H groups in total. The third kappa shape index (κ3) is 3.34. The average molecular weight is 361 g/mol. The lowest BCUT2D eigenvalue weighted by molar-refractivity contribution is 0.100. The molecule has 0 unspecified atom stereocenters. The normalized spacial score (nSPS) is 12.7. The molecule has 0 saturated heterocycles. The fourth-order valence-corrected chi connectivity index (χ4v) is 3.52. The first-order valence-electron chi connectivity index (χ1n) is 7.36. The summed E-state index contributed by atoms with van der Waals surface area (Å²) in [4.78, 5) is 23.2. The Morgan fingerprint density at radius 3 is 2.32 bits per heavy atom. The summed E-state index contributed by atoms with van der Waals surface area (Å²) in [6.07, 6.45) is 0. The van der Waals surface area contributed by atoms with E-state index < -0.39 is 10.0 Å². The van der Waals surface area contributed by atoms with Gasteiger partial charge in [0.2, 0.25) is 6.79 Å². The lowest BCUT2D eigenvalue weighted by Gasteiger charge is -2.12. The Morgan fingerprint density at radius 1 is 1.00 bits per heavy atom. The molecule has 0 amide bonds. The molecular formula is C17H15NO6S. The minimum atomic E-state index is -3.99. The van der Waals surface area contributed by atoms with E-state index in [9.17, 15) is 18.0 Å². The molecule has 0 aromatic heterocycles. The van der Waals surface area contributed by atoms with Crippen molar-refractivity contribution in [3.8, 4) is 11.5 Å². The van der Waals surface area contributed by atoms with E-state index in [1.165, 1.54) is 50.2 Å². The molecule has 3 rings (SSSR count). The molecular weight excluding hydrogens is 346 g/mol. The van der Waals surface area contributed by atoms with Crippen molar-refractivity contribution >= 4 is 27.3 Å². The molecule has 1 heterocycles. The van der Waals surface area contributed by atoms with E-state index in [0.29, 0.717) is 11.5 Å². The number of fused-ring (bicyclic) bond motifs is 1. The van der Waals surface area contributed by atoms with Gasteiger partial charge in [-0.25, -0.2) is 8.42 Å². The SMILES string of the molecule is CC(=O)c1cccc(S(=O)(=O)Nc2cc3c(cc2C(C)=O)OCO3)c1. The maximum Gasteiger partial charge on any atom is 0.261 e. The van der Waals surface area contributed by atoms with Gasteiger partial charge in [0.25, 0.3) is 10.0 Å². The Morgan fingerprint density at radius 2 is 1.68 bits per heavy atom. The molecule has 130 valence electrons. The van der Waals surface area contributed by atoms with E-state index >= 15 is 0 Å². The standard InChI is InChI=1S/C17H15NO6S/c1-10(19)12-4-3-5-13(6-12)25(21,22)18-15-8-17-16(23-9-24-17)7-14(15)11(2)20/h3-8,18H,9H2,1-2H3. The number of Topliss-reactive ketones (excluding diaryl/α,β-unsaturated/α-hetero) is 2. The van der Waals surface area contributed by atoms with Gasteiger partial charge in [0.05, 0.1) is 10.6 Å². The predicted octanol–water partition coefficient (Wildman–Crippen LogP) is 2.62. The Labute approximate surface area is 144 Å². The van der Waals surface area contributed by atoms with Crippen LogP contribution < -0.4 is 14.2 Å². The number of carbonyl (C=O) groups excluding carboxylic acids is 2. The van der Waals surface area contributed by atoms with Crippen LogP contribution in [0.1, 0.15) is 34.6 Å². The van der Waals surface area contributed by atoms with Gasteiger partial charge in [-0.1, -0.05) is 12.1 Å². The largest absolute Gasteiger partial charge is 0.454 e. The third-order valence-electron chi connectivity index (χ3n) is 3.69. The number of hydrogen-bond acceptors (Lipinski definition) is 6. The summed E-state index contributed by atoms with van der Waals surface area (Å²) < 4.78 is 38.1. The topological polar surface area (TPSA) is 98.8 Å². The van der Waals surface area contributed by atoms with E-state index in [0.717, 1.165) is 0 Å². The molecule has 0 spiro atoms. The molecule has 7 nitrogen and oxygen atoms in total. The van der Waals surface area contributed by atoms with Gasteiger partial charge in [0.15, 0.2) is 23.1 Å². The zero-order chi connectivity index (χ0) is 18.2. The summed E-state index contributed by atoms with van der Waals surface area (Å²) in [5.74, 6) is 0.157. The van der Waals surface area contributed by atoms with Crippen LogP contribution in [0.3, 0.4) is 0 Å². The van der Waals surface area contributed by atoms with Crippen LogP contribution in [-0.4, -0.2) is 26.8 Å². The van der Waals surface area contributed by atoms with E-state index in [-0.39, 0.29) is 40.1 Å². The Kier molecular flexibility index (Phi) is 4.22. The van der Waals surface area contributed by atoms with Crippen molar-refractivity contribution in [3.63, 3.8) is 0 Å². The number of carbonyl (C=O) groups is 2. The Balaban J connectivity index is 2.03. The van der Waals surface area contributed by atoms with Crippen molar-refractivity contribution in [2.75, 3.05) is 11.5 Å². The molecule has 8 heteroatoms. The number of nitrogens with one attached hydrogen (secondary N) is 1.